The Bertz CT molecular complexity index is 1110. The van der Waals surface area contributed by atoms with Crippen molar-refractivity contribution >= 4 is 11.6 Å². The van der Waals surface area contributed by atoms with Crippen LogP contribution in [0.4, 0.5) is 0 Å². The minimum Gasteiger partial charge on any atom is -0.508 e. The number of phenolic OH excluding ortho intramolecular Hbond substituents is 1. The molecule has 33 heavy (non-hydrogen) atoms. The quantitative estimate of drug-likeness (QED) is 0.541. The highest BCUT2D eigenvalue weighted by Gasteiger charge is 2.34. The summed E-state index contributed by atoms with van der Waals surface area (Å²) < 4.78 is 6.01. The number of aliphatic hydroxyl groups is 1. The number of fused-ring (bicyclic) bond motifs is 2. The average Bonchev–Trinajstić information content (AvgIpc) is 2.98. The molecule has 3 heterocycles. The molecule has 1 atom stereocenters. The Kier molecular flexibility index (Phi) is 6.28. The minimum absolute atomic E-state index is 0.133. The molecular weight excluding hydrogens is 436 g/mol. The van der Waals surface area contributed by atoms with Crippen molar-refractivity contribution in [3.8, 4) is 11.5 Å². The molecule has 2 aliphatic heterocycles. The molecule has 1 aromatic heterocycles. The van der Waals surface area contributed by atoms with Crippen LogP contribution in [0.2, 0.25) is 5.02 Å². The number of hydrogen-bond acceptors (Lipinski definition) is 5. The van der Waals surface area contributed by atoms with Gasteiger partial charge in [0.05, 0.1) is 11.3 Å². The minimum atomic E-state index is -0.777. The third kappa shape index (κ3) is 4.72. The lowest BCUT2D eigenvalue weighted by atomic mass is 9.84. The summed E-state index contributed by atoms with van der Waals surface area (Å²) in [6.07, 6.45) is 5.19. The van der Waals surface area contributed by atoms with E-state index in [1.54, 1.807) is 6.07 Å². The highest BCUT2D eigenvalue weighted by atomic mass is 35.5. The SMILES string of the molecule is Oc1ccc2c(c1)C(CCCN1CCC(O)(c3ccc(Cl)cc3)CC1)c1cccnc1CO2. The lowest BCUT2D eigenvalue weighted by Gasteiger charge is -2.38. The van der Waals surface area contributed by atoms with Crippen molar-refractivity contribution < 1.29 is 14.9 Å². The third-order valence-electron chi connectivity index (χ3n) is 7.07. The molecule has 5 nitrogen and oxygen atoms in total. The van der Waals surface area contributed by atoms with Crippen LogP contribution in [0.5, 0.6) is 11.5 Å². The maximum absolute atomic E-state index is 11.1. The van der Waals surface area contributed by atoms with E-state index < -0.39 is 5.60 Å². The van der Waals surface area contributed by atoms with E-state index in [-0.39, 0.29) is 11.7 Å². The molecule has 6 heteroatoms. The first-order valence-electron chi connectivity index (χ1n) is 11.6. The summed E-state index contributed by atoms with van der Waals surface area (Å²) in [7, 11) is 0. The Morgan fingerprint density at radius 3 is 2.64 bits per heavy atom. The molecule has 0 amide bonds. The van der Waals surface area contributed by atoms with E-state index in [1.807, 2.05) is 48.7 Å². The molecule has 172 valence electrons. The van der Waals surface area contributed by atoms with E-state index in [2.05, 4.69) is 16.0 Å². The molecule has 1 saturated heterocycles. The number of nitrogens with zero attached hydrogens (tertiary/aromatic N) is 2. The second kappa shape index (κ2) is 9.34. The molecule has 2 N–H and O–H groups in total. The molecule has 5 rings (SSSR count). The van der Waals surface area contributed by atoms with Crippen molar-refractivity contribution in [1.29, 1.82) is 0 Å². The van der Waals surface area contributed by atoms with Gasteiger partial charge in [-0.25, -0.2) is 0 Å². The summed E-state index contributed by atoms with van der Waals surface area (Å²) in [5, 5.41) is 22.0. The summed E-state index contributed by atoms with van der Waals surface area (Å²) in [5.41, 5.74) is 3.34. The topological polar surface area (TPSA) is 65.8 Å². The Hall–Kier alpha value is -2.60. The monoisotopic (exact) mass is 464 g/mol. The van der Waals surface area contributed by atoms with E-state index >= 15 is 0 Å². The van der Waals surface area contributed by atoms with E-state index in [4.69, 9.17) is 16.3 Å². The highest BCUT2D eigenvalue weighted by molar-refractivity contribution is 6.30. The van der Waals surface area contributed by atoms with Gasteiger partial charge in [0.1, 0.15) is 18.1 Å². The van der Waals surface area contributed by atoms with Crippen molar-refractivity contribution in [1.82, 2.24) is 9.88 Å². The molecule has 2 aromatic carbocycles. The van der Waals surface area contributed by atoms with E-state index in [0.717, 1.165) is 67.9 Å². The van der Waals surface area contributed by atoms with Crippen LogP contribution in [-0.2, 0) is 12.2 Å². The molecule has 0 spiro atoms. The van der Waals surface area contributed by atoms with Crippen LogP contribution in [0.3, 0.4) is 0 Å². The zero-order valence-electron chi connectivity index (χ0n) is 18.6. The maximum Gasteiger partial charge on any atom is 0.131 e. The molecule has 2 aliphatic rings. The van der Waals surface area contributed by atoms with Gasteiger partial charge in [-0.3, -0.25) is 4.98 Å². The van der Waals surface area contributed by atoms with E-state index in [0.29, 0.717) is 11.6 Å². The van der Waals surface area contributed by atoms with Gasteiger partial charge in [-0.15, -0.1) is 0 Å². The smallest absolute Gasteiger partial charge is 0.131 e. The number of benzene rings is 2. The first-order valence-corrected chi connectivity index (χ1v) is 12.0. The van der Waals surface area contributed by atoms with Gasteiger partial charge in [0.15, 0.2) is 0 Å². The zero-order chi connectivity index (χ0) is 22.8. The number of pyridine rings is 1. The predicted molar refractivity (Wildman–Crippen MR) is 129 cm³/mol. The van der Waals surface area contributed by atoms with Crippen LogP contribution in [0.15, 0.2) is 60.8 Å². The summed E-state index contributed by atoms with van der Waals surface area (Å²) in [4.78, 5) is 6.98. The third-order valence-corrected chi connectivity index (χ3v) is 7.32. The Balaban J connectivity index is 1.24. The first kappa shape index (κ1) is 22.2. The van der Waals surface area contributed by atoms with E-state index in [1.165, 1.54) is 5.56 Å². The number of likely N-dealkylation sites (tertiary alicyclic amines) is 1. The average molecular weight is 465 g/mol. The molecule has 0 bridgehead atoms. The number of halogens is 1. The second-order valence-electron chi connectivity index (χ2n) is 9.13. The van der Waals surface area contributed by atoms with Gasteiger partial charge in [-0.1, -0.05) is 29.8 Å². The molecule has 0 radical (unpaired) electrons. The van der Waals surface area contributed by atoms with Crippen molar-refractivity contribution in [2.75, 3.05) is 19.6 Å². The van der Waals surface area contributed by atoms with Crippen molar-refractivity contribution in [2.24, 2.45) is 0 Å². The van der Waals surface area contributed by atoms with Gasteiger partial charge in [0.2, 0.25) is 0 Å². The van der Waals surface area contributed by atoms with Crippen LogP contribution >= 0.6 is 11.6 Å². The van der Waals surface area contributed by atoms with E-state index in [9.17, 15) is 10.2 Å². The number of aromatic nitrogens is 1. The molecule has 1 unspecified atom stereocenters. The molecular formula is C27H29ClN2O3. The van der Waals surface area contributed by atoms with Crippen molar-refractivity contribution in [2.45, 2.75) is 43.8 Å². The Morgan fingerprint density at radius 2 is 1.85 bits per heavy atom. The number of piperidine rings is 1. The maximum atomic E-state index is 11.1. The second-order valence-corrected chi connectivity index (χ2v) is 9.56. The fraction of sp³-hybridized carbons (Fsp3) is 0.370. The van der Waals surface area contributed by atoms with Gasteiger partial charge >= 0.3 is 0 Å². The van der Waals surface area contributed by atoms with Gasteiger partial charge < -0.3 is 19.8 Å². The van der Waals surface area contributed by atoms with Crippen LogP contribution in [0.25, 0.3) is 0 Å². The molecule has 0 saturated carbocycles. The van der Waals surface area contributed by atoms with Crippen molar-refractivity contribution in [3.05, 3.63) is 88.2 Å². The lowest BCUT2D eigenvalue weighted by molar-refractivity contribution is -0.0261. The largest absolute Gasteiger partial charge is 0.508 e. The highest BCUT2D eigenvalue weighted by Crippen LogP contribution is 2.41. The fourth-order valence-electron chi connectivity index (χ4n) is 5.17. The Labute approximate surface area is 199 Å². The molecule has 1 fully saturated rings. The van der Waals surface area contributed by atoms with Crippen molar-refractivity contribution in [3.63, 3.8) is 0 Å². The van der Waals surface area contributed by atoms with Crippen LogP contribution in [0.1, 0.15) is 54.0 Å². The van der Waals surface area contributed by atoms with Gasteiger partial charge in [-0.2, -0.15) is 0 Å². The number of phenols is 1. The van der Waals surface area contributed by atoms with Gasteiger partial charge in [0, 0.05) is 35.8 Å². The molecule has 0 aliphatic carbocycles. The van der Waals surface area contributed by atoms with Crippen LogP contribution in [-0.4, -0.2) is 39.7 Å². The Morgan fingerprint density at radius 1 is 1.06 bits per heavy atom. The lowest BCUT2D eigenvalue weighted by Crippen LogP contribution is -2.42. The predicted octanol–water partition coefficient (Wildman–Crippen LogP) is 5.23. The summed E-state index contributed by atoms with van der Waals surface area (Å²) >= 11 is 6.01. The van der Waals surface area contributed by atoms with Gasteiger partial charge in [0.25, 0.3) is 0 Å². The standard InChI is InChI=1S/C27H29ClN2O3/c28-20-7-5-19(6-8-20)27(32)11-15-30(16-12-27)14-2-4-22-23-3-1-13-29-25(23)18-33-26-10-9-21(31)17-24(22)26/h1,3,5-10,13,17,22,31-32H,2,4,11-12,14-16,18H2. The summed E-state index contributed by atoms with van der Waals surface area (Å²) in [6, 6.07) is 17.0. The first-order chi connectivity index (χ1) is 16.0. The molecule has 3 aromatic rings. The van der Waals surface area contributed by atoms with Crippen LogP contribution in [0, 0.1) is 0 Å². The van der Waals surface area contributed by atoms with Gasteiger partial charge in [-0.05, 0) is 79.8 Å². The summed E-state index contributed by atoms with van der Waals surface area (Å²) in [5.74, 6) is 1.21. The number of aromatic hydroxyl groups is 1. The number of ether oxygens (including phenoxy) is 1. The zero-order valence-corrected chi connectivity index (χ0v) is 19.3. The normalized spacial score (nSPS) is 19.8. The fourth-order valence-corrected chi connectivity index (χ4v) is 5.29. The number of hydrogen-bond donors (Lipinski definition) is 2. The number of rotatable bonds is 5. The summed E-state index contributed by atoms with van der Waals surface area (Å²) in [6.45, 7) is 3.14. The van der Waals surface area contributed by atoms with Crippen LogP contribution < -0.4 is 4.74 Å².